The molecule has 9 heteroatoms. The lowest BCUT2D eigenvalue weighted by molar-refractivity contribution is -0.278. The van der Waals surface area contributed by atoms with E-state index in [1.165, 1.54) is 16.3 Å². The van der Waals surface area contributed by atoms with Gasteiger partial charge in [0.1, 0.15) is 18.3 Å². The molecule has 2 fully saturated rings. The lowest BCUT2D eigenvalue weighted by Gasteiger charge is -2.37. The third kappa shape index (κ3) is 5.62. The molecule has 5 rings (SSSR count). The van der Waals surface area contributed by atoms with Gasteiger partial charge in [-0.05, 0) is 65.3 Å². The van der Waals surface area contributed by atoms with Crippen molar-refractivity contribution in [3.05, 3.63) is 77.9 Å². The second-order valence-electron chi connectivity index (χ2n) is 10.5. The normalized spacial score (nSPS) is 27.8. The summed E-state index contributed by atoms with van der Waals surface area (Å²) in [5, 5.41) is 41.5. The summed E-state index contributed by atoms with van der Waals surface area (Å²) in [7, 11) is 0. The molecule has 2 aliphatic rings. The Bertz CT molecular complexity index is 1320. The number of aliphatic hydroxyl groups is 3. The van der Waals surface area contributed by atoms with Crippen LogP contribution in [0.2, 0.25) is 0 Å². The van der Waals surface area contributed by atoms with Gasteiger partial charge in [-0.15, -0.1) is 0 Å². The average molecular weight is 536 g/mol. The molecule has 2 heterocycles. The summed E-state index contributed by atoms with van der Waals surface area (Å²) in [4.78, 5) is 26.2. The molecule has 0 aliphatic carbocycles. The maximum Gasteiger partial charge on any atom is 0.340 e. The van der Waals surface area contributed by atoms with E-state index in [1.54, 1.807) is 12.1 Å². The van der Waals surface area contributed by atoms with Crippen molar-refractivity contribution in [2.75, 3.05) is 18.0 Å². The molecule has 3 aromatic rings. The van der Waals surface area contributed by atoms with Crippen LogP contribution in [0.25, 0.3) is 10.8 Å². The number of benzene rings is 3. The SMILES string of the molecule is C[C@@H](C[C@H]1CCN(c2ccc(C(=O)O[C@@H]3O[C@H](C(=O)O)[C@@H](O)[C@H](O)[C@H]3O)cc2)C1)c1cccc2ccccc12. The largest absolute Gasteiger partial charge is 0.479 e. The van der Waals surface area contributed by atoms with E-state index < -0.39 is 42.6 Å². The maximum atomic E-state index is 12.6. The Hall–Kier alpha value is -3.50. The number of anilines is 1. The number of hydrogen-bond acceptors (Lipinski definition) is 8. The predicted molar refractivity (Wildman–Crippen MR) is 143 cm³/mol. The Labute approximate surface area is 226 Å². The number of esters is 1. The summed E-state index contributed by atoms with van der Waals surface area (Å²) in [5.74, 6) is -1.43. The number of hydrogen-bond donors (Lipinski definition) is 4. The second-order valence-corrected chi connectivity index (χ2v) is 10.5. The van der Waals surface area contributed by atoms with Crippen molar-refractivity contribution < 1.29 is 39.5 Å². The lowest BCUT2D eigenvalue weighted by Crippen LogP contribution is -2.60. The molecule has 2 aliphatic heterocycles. The zero-order chi connectivity index (χ0) is 27.7. The minimum Gasteiger partial charge on any atom is -0.479 e. The summed E-state index contributed by atoms with van der Waals surface area (Å²) in [5.41, 5.74) is 2.53. The first kappa shape index (κ1) is 27.1. The molecule has 0 radical (unpaired) electrons. The van der Waals surface area contributed by atoms with Crippen LogP contribution in [0.3, 0.4) is 0 Å². The van der Waals surface area contributed by atoms with Crippen molar-refractivity contribution in [2.45, 2.75) is 56.4 Å². The highest BCUT2D eigenvalue weighted by atomic mass is 16.7. The molecule has 2 saturated heterocycles. The van der Waals surface area contributed by atoms with Gasteiger partial charge in [0.15, 0.2) is 6.10 Å². The molecular formula is C30H33NO8. The number of carboxylic acid groups (broad SMARTS) is 1. The van der Waals surface area contributed by atoms with Crippen LogP contribution >= 0.6 is 0 Å². The number of carbonyl (C=O) groups excluding carboxylic acids is 1. The van der Waals surface area contributed by atoms with E-state index in [2.05, 4.69) is 54.3 Å². The highest BCUT2D eigenvalue weighted by molar-refractivity contribution is 5.90. The van der Waals surface area contributed by atoms with Crippen molar-refractivity contribution >= 4 is 28.4 Å². The number of ether oxygens (including phenoxy) is 2. The number of rotatable bonds is 7. The molecule has 0 unspecified atom stereocenters. The molecule has 7 atom stereocenters. The number of fused-ring (bicyclic) bond motifs is 1. The average Bonchev–Trinajstić information content (AvgIpc) is 3.41. The third-order valence-electron chi connectivity index (χ3n) is 7.83. The van der Waals surface area contributed by atoms with Gasteiger partial charge in [-0.2, -0.15) is 0 Å². The second kappa shape index (κ2) is 11.3. The zero-order valence-electron chi connectivity index (χ0n) is 21.6. The van der Waals surface area contributed by atoms with Gasteiger partial charge in [-0.1, -0.05) is 49.4 Å². The Morgan fingerprint density at radius 1 is 0.974 bits per heavy atom. The molecule has 9 nitrogen and oxygen atoms in total. The van der Waals surface area contributed by atoms with E-state index in [0.717, 1.165) is 31.6 Å². The van der Waals surface area contributed by atoms with E-state index in [9.17, 15) is 24.9 Å². The van der Waals surface area contributed by atoms with Crippen molar-refractivity contribution in [3.8, 4) is 0 Å². The van der Waals surface area contributed by atoms with Crippen LogP contribution in [0.15, 0.2) is 66.7 Å². The zero-order valence-corrected chi connectivity index (χ0v) is 21.6. The van der Waals surface area contributed by atoms with Crippen molar-refractivity contribution in [1.82, 2.24) is 0 Å². The fourth-order valence-corrected chi connectivity index (χ4v) is 5.70. The Morgan fingerprint density at radius 3 is 2.44 bits per heavy atom. The van der Waals surface area contributed by atoms with E-state index in [-0.39, 0.29) is 5.56 Å². The number of carbonyl (C=O) groups is 2. The Balaban J connectivity index is 1.18. The van der Waals surface area contributed by atoms with Gasteiger partial charge in [0.05, 0.1) is 5.56 Å². The highest BCUT2D eigenvalue weighted by Crippen LogP contribution is 2.34. The summed E-state index contributed by atoms with van der Waals surface area (Å²) in [6, 6.07) is 21.8. The van der Waals surface area contributed by atoms with Crippen molar-refractivity contribution in [1.29, 1.82) is 0 Å². The molecule has 4 N–H and O–H groups in total. The van der Waals surface area contributed by atoms with Crippen LogP contribution in [0.4, 0.5) is 5.69 Å². The molecule has 206 valence electrons. The number of carboxylic acids is 1. The van der Waals surface area contributed by atoms with Gasteiger partial charge in [-0.3, -0.25) is 0 Å². The number of nitrogens with zero attached hydrogens (tertiary/aromatic N) is 1. The van der Waals surface area contributed by atoms with Gasteiger partial charge in [0, 0.05) is 18.8 Å². The standard InChI is InChI=1S/C30H33NO8/c1-17(22-8-4-6-19-5-2-3-7-23(19)22)15-18-13-14-31(16-18)21-11-9-20(10-12-21)29(37)39-30-26(34)24(32)25(33)27(38-30)28(35)36/h2-12,17-18,24-27,30,32-34H,13-16H2,1H3,(H,35,36)/t17-,18+,24-,25-,26+,27-,30-/m0/s1. The molecule has 0 bridgehead atoms. The first-order valence-corrected chi connectivity index (χ1v) is 13.2. The van der Waals surface area contributed by atoms with E-state index in [0.29, 0.717) is 11.8 Å². The number of aliphatic hydroxyl groups excluding tert-OH is 3. The molecule has 0 amide bonds. The summed E-state index contributed by atoms with van der Waals surface area (Å²) in [6.45, 7) is 4.11. The highest BCUT2D eigenvalue weighted by Gasteiger charge is 2.48. The molecule has 39 heavy (non-hydrogen) atoms. The van der Waals surface area contributed by atoms with Gasteiger partial charge < -0.3 is 34.8 Å². The molecule has 0 saturated carbocycles. The lowest BCUT2D eigenvalue weighted by atomic mass is 9.87. The van der Waals surface area contributed by atoms with Crippen LogP contribution in [-0.2, 0) is 14.3 Å². The maximum absolute atomic E-state index is 12.6. The van der Waals surface area contributed by atoms with Gasteiger partial charge in [0.2, 0.25) is 6.29 Å². The fourth-order valence-electron chi connectivity index (χ4n) is 5.70. The summed E-state index contributed by atoms with van der Waals surface area (Å²) in [6.07, 6.45) is -6.91. The van der Waals surface area contributed by atoms with E-state index >= 15 is 0 Å². The molecule has 0 aromatic heterocycles. The monoisotopic (exact) mass is 535 g/mol. The minimum absolute atomic E-state index is 0.183. The van der Waals surface area contributed by atoms with Crippen molar-refractivity contribution in [2.24, 2.45) is 5.92 Å². The Morgan fingerprint density at radius 2 is 1.69 bits per heavy atom. The fraction of sp³-hybridized carbons (Fsp3) is 0.400. The van der Waals surface area contributed by atoms with Crippen LogP contribution in [0, 0.1) is 5.92 Å². The van der Waals surface area contributed by atoms with Crippen LogP contribution in [0.5, 0.6) is 0 Å². The van der Waals surface area contributed by atoms with Gasteiger partial charge >= 0.3 is 11.9 Å². The third-order valence-corrected chi connectivity index (χ3v) is 7.83. The molecular weight excluding hydrogens is 502 g/mol. The van der Waals surface area contributed by atoms with Crippen molar-refractivity contribution in [3.63, 3.8) is 0 Å². The molecule has 0 spiro atoms. The van der Waals surface area contributed by atoms with Crippen LogP contribution in [-0.4, -0.2) is 76.2 Å². The van der Waals surface area contributed by atoms with E-state index in [1.807, 2.05) is 12.1 Å². The number of aliphatic carboxylic acids is 1. The van der Waals surface area contributed by atoms with Gasteiger partial charge in [-0.25, -0.2) is 9.59 Å². The summed E-state index contributed by atoms with van der Waals surface area (Å²) >= 11 is 0. The predicted octanol–water partition coefficient (Wildman–Crippen LogP) is 2.91. The topological polar surface area (TPSA) is 137 Å². The first-order valence-electron chi connectivity index (χ1n) is 13.2. The van der Waals surface area contributed by atoms with E-state index in [4.69, 9.17) is 14.6 Å². The van der Waals surface area contributed by atoms with Crippen LogP contribution in [0.1, 0.15) is 41.6 Å². The smallest absolute Gasteiger partial charge is 0.340 e. The quantitative estimate of drug-likeness (QED) is 0.337. The minimum atomic E-state index is -1.86. The summed E-state index contributed by atoms with van der Waals surface area (Å²) < 4.78 is 10.2. The van der Waals surface area contributed by atoms with Gasteiger partial charge in [0.25, 0.3) is 0 Å². The van der Waals surface area contributed by atoms with Crippen LogP contribution < -0.4 is 4.90 Å². The Kier molecular flexibility index (Phi) is 7.86. The first-order chi connectivity index (χ1) is 18.7. The molecule has 3 aromatic carbocycles.